The molecule has 1 heterocycles. The number of carbonyl (C=O) groups is 1. The fourth-order valence-corrected chi connectivity index (χ4v) is 3.37. The maximum atomic E-state index is 12.1. The molecule has 0 radical (unpaired) electrons. The van der Waals surface area contributed by atoms with Gasteiger partial charge in [0.15, 0.2) is 0 Å². The molecule has 2 aromatic carbocycles. The highest BCUT2D eigenvalue weighted by Crippen LogP contribution is 2.25. The lowest BCUT2D eigenvalue weighted by molar-refractivity contribution is -0.113. The number of rotatable bonds is 4. The molecule has 0 spiro atoms. The van der Waals surface area contributed by atoms with Crippen LogP contribution in [0.2, 0.25) is 10.0 Å². The van der Waals surface area contributed by atoms with Crippen molar-refractivity contribution in [3.8, 4) is 0 Å². The molecule has 1 N–H and O–H groups in total. The van der Waals surface area contributed by atoms with Crippen LogP contribution in [0.4, 0.5) is 5.69 Å². The Morgan fingerprint density at radius 3 is 2.61 bits per heavy atom. The summed E-state index contributed by atoms with van der Waals surface area (Å²) >= 11 is 13.2. The van der Waals surface area contributed by atoms with Gasteiger partial charge in [0.2, 0.25) is 5.91 Å². The summed E-state index contributed by atoms with van der Waals surface area (Å²) in [6, 6.07) is 12.6. The van der Waals surface area contributed by atoms with Crippen molar-refractivity contribution in [1.82, 2.24) is 9.97 Å². The zero-order valence-corrected chi connectivity index (χ0v) is 14.1. The van der Waals surface area contributed by atoms with Crippen LogP contribution in [0, 0.1) is 0 Å². The second-order valence-corrected chi connectivity index (χ2v) is 6.53. The van der Waals surface area contributed by atoms with Crippen molar-refractivity contribution in [3.63, 3.8) is 0 Å². The van der Waals surface area contributed by atoms with Gasteiger partial charge in [-0.2, -0.15) is 0 Å². The molecule has 7 heteroatoms. The van der Waals surface area contributed by atoms with E-state index in [1.165, 1.54) is 18.1 Å². The summed E-state index contributed by atoms with van der Waals surface area (Å²) in [6.45, 7) is 0. The van der Waals surface area contributed by atoms with E-state index in [2.05, 4.69) is 15.3 Å². The topological polar surface area (TPSA) is 54.9 Å². The molecule has 116 valence electrons. The van der Waals surface area contributed by atoms with Gasteiger partial charge >= 0.3 is 0 Å². The van der Waals surface area contributed by atoms with Gasteiger partial charge in [0, 0.05) is 21.1 Å². The molecule has 0 fully saturated rings. The number of amides is 1. The summed E-state index contributed by atoms with van der Waals surface area (Å²) in [5.74, 6) is 0.0709. The lowest BCUT2D eigenvalue weighted by atomic mass is 10.2. The van der Waals surface area contributed by atoms with Crippen LogP contribution < -0.4 is 5.32 Å². The van der Waals surface area contributed by atoms with Gasteiger partial charge in [-0.25, -0.2) is 9.97 Å². The Bertz CT molecular complexity index is 847. The van der Waals surface area contributed by atoms with Crippen molar-refractivity contribution in [2.75, 3.05) is 11.1 Å². The highest BCUT2D eigenvalue weighted by Gasteiger charge is 2.08. The minimum absolute atomic E-state index is 0.156. The standard InChI is InChI=1S/C16H11Cl2N3OS/c17-10-5-11(18)7-12(6-10)21-15(22)8-23-16-13-3-1-2-4-14(13)19-9-20-16/h1-7,9H,8H2,(H,21,22). The molecule has 4 nitrogen and oxygen atoms in total. The zero-order chi connectivity index (χ0) is 16.2. The van der Waals surface area contributed by atoms with E-state index < -0.39 is 0 Å². The summed E-state index contributed by atoms with van der Waals surface area (Å²) in [5, 5.41) is 5.42. The third-order valence-corrected chi connectivity index (χ3v) is 4.43. The largest absolute Gasteiger partial charge is 0.325 e. The molecule has 0 atom stereocenters. The number of carbonyl (C=O) groups excluding carboxylic acids is 1. The van der Waals surface area contributed by atoms with Gasteiger partial charge in [0.1, 0.15) is 11.4 Å². The second kappa shape index (κ2) is 7.17. The van der Waals surface area contributed by atoms with Crippen LogP contribution in [0.25, 0.3) is 10.9 Å². The Labute approximate surface area is 147 Å². The number of hydrogen-bond donors (Lipinski definition) is 1. The van der Waals surface area contributed by atoms with E-state index in [4.69, 9.17) is 23.2 Å². The van der Waals surface area contributed by atoms with Crippen molar-refractivity contribution in [2.45, 2.75) is 5.03 Å². The molecule has 0 saturated carbocycles. The first-order valence-corrected chi connectivity index (χ1v) is 8.44. The van der Waals surface area contributed by atoms with E-state index in [1.54, 1.807) is 18.2 Å². The van der Waals surface area contributed by atoms with Crippen LogP contribution in [-0.2, 0) is 4.79 Å². The number of para-hydroxylation sites is 1. The van der Waals surface area contributed by atoms with E-state index >= 15 is 0 Å². The molecule has 1 amide bonds. The molecule has 0 aliphatic carbocycles. The Balaban J connectivity index is 1.68. The van der Waals surface area contributed by atoms with Crippen LogP contribution in [0.1, 0.15) is 0 Å². The molecule has 0 aliphatic heterocycles. The molecule has 0 aliphatic rings. The molecule has 3 aromatic rings. The van der Waals surface area contributed by atoms with E-state index in [1.807, 2.05) is 24.3 Å². The molecular formula is C16H11Cl2N3OS. The predicted octanol–water partition coefficient (Wildman–Crippen LogP) is 4.67. The van der Waals surface area contributed by atoms with Gasteiger partial charge in [-0.3, -0.25) is 4.79 Å². The smallest absolute Gasteiger partial charge is 0.234 e. The number of aromatic nitrogens is 2. The summed E-state index contributed by atoms with van der Waals surface area (Å²) in [6.07, 6.45) is 1.50. The third kappa shape index (κ3) is 4.13. The Morgan fingerprint density at radius 2 is 1.83 bits per heavy atom. The SMILES string of the molecule is O=C(CSc1ncnc2ccccc12)Nc1cc(Cl)cc(Cl)c1. The van der Waals surface area contributed by atoms with Crippen molar-refractivity contribution >= 4 is 57.5 Å². The highest BCUT2D eigenvalue weighted by atomic mass is 35.5. The van der Waals surface area contributed by atoms with Crippen LogP contribution in [0.3, 0.4) is 0 Å². The van der Waals surface area contributed by atoms with Crippen molar-refractivity contribution < 1.29 is 4.79 Å². The van der Waals surface area contributed by atoms with Crippen LogP contribution >= 0.6 is 35.0 Å². The maximum Gasteiger partial charge on any atom is 0.234 e. The molecule has 0 saturated heterocycles. The second-order valence-electron chi connectivity index (χ2n) is 4.69. The first-order chi connectivity index (χ1) is 11.1. The van der Waals surface area contributed by atoms with Crippen molar-refractivity contribution in [2.24, 2.45) is 0 Å². The molecule has 0 unspecified atom stereocenters. The monoisotopic (exact) mass is 363 g/mol. The van der Waals surface area contributed by atoms with E-state index in [0.717, 1.165) is 15.9 Å². The maximum absolute atomic E-state index is 12.1. The summed E-state index contributed by atoms with van der Waals surface area (Å²) in [4.78, 5) is 20.5. The van der Waals surface area contributed by atoms with Gasteiger partial charge in [-0.05, 0) is 24.3 Å². The normalized spacial score (nSPS) is 10.7. The number of nitrogens with zero attached hydrogens (tertiary/aromatic N) is 2. The number of anilines is 1. The lowest BCUT2D eigenvalue weighted by Crippen LogP contribution is -2.14. The van der Waals surface area contributed by atoms with Gasteiger partial charge in [-0.1, -0.05) is 53.2 Å². The van der Waals surface area contributed by atoms with Crippen LogP contribution in [-0.4, -0.2) is 21.6 Å². The average Bonchev–Trinajstić information content (AvgIpc) is 2.52. The predicted molar refractivity (Wildman–Crippen MR) is 95.4 cm³/mol. The number of fused-ring (bicyclic) bond motifs is 1. The average molecular weight is 364 g/mol. The van der Waals surface area contributed by atoms with E-state index in [0.29, 0.717) is 15.7 Å². The molecular weight excluding hydrogens is 353 g/mol. The van der Waals surface area contributed by atoms with E-state index in [-0.39, 0.29) is 11.7 Å². The van der Waals surface area contributed by atoms with E-state index in [9.17, 15) is 4.79 Å². The highest BCUT2D eigenvalue weighted by molar-refractivity contribution is 8.00. The number of nitrogens with one attached hydrogen (secondary N) is 1. The third-order valence-electron chi connectivity index (χ3n) is 2.99. The minimum Gasteiger partial charge on any atom is -0.325 e. The Hall–Kier alpha value is -1.82. The fraction of sp³-hybridized carbons (Fsp3) is 0.0625. The van der Waals surface area contributed by atoms with Crippen molar-refractivity contribution in [3.05, 3.63) is 58.8 Å². The minimum atomic E-state index is -0.156. The Morgan fingerprint density at radius 1 is 1.09 bits per heavy atom. The first kappa shape index (κ1) is 16.1. The summed E-state index contributed by atoms with van der Waals surface area (Å²) in [7, 11) is 0. The van der Waals surface area contributed by atoms with Gasteiger partial charge < -0.3 is 5.32 Å². The van der Waals surface area contributed by atoms with Crippen LogP contribution in [0.5, 0.6) is 0 Å². The number of hydrogen-bond acceptors (Lipinski definition) is 4. The molecule has 1 aromatic heterocycles. The fourth-order valence-electron chi connectivity index (χ4n) is 2.05. The lowest BCUT2D eigenvalue weighted by Gasteiger charge is -2.07. The van der Waals surface area contributed by atoms with Crippen molar-refractivity contribution in [1.29, 1.82) is 0 Å². The number of thioether (sulfide) groups is 1. The number of benzene rings is 2. The summed E-state index contributed by atoms with van der Waals surface area (Å²) < 4.78 is 0. The quantitative estimate of drug-likeness (QED) is 0.540. The molecule has 23 heavy (non-hydrogen) atoms. The molecule has 0 bridgehead atoms. The van der Waals surface area contributed by atoms with Gasteiger partial charge in [0.05, 0.1) is 11.3 Å². The molecule has 3 rings (SSSR count). The Kier molecular flexibility index (Phi) is 5.00. The summed E-state index contributed by atoms with van der Waals surface area (Å²) in [5.41, 5.74) is 1.42. The first-order valence-electron chi connectivity index (χ1n) is 6.70. The van der Waals surface area contributed by atoms with Crippen LogP contribution in [0.15, 0.2) is 53.8 Å². The van der Waals surface area contributed by atoms with Gasteiger partial charge in [-0.15, -0.1) is 0 Å². The zero-order valence-electron chi connectivity index (χ0n) is 11.8. The number of halogens is 2. The van der Waals surface area contributed by atoms with Gasteiger partial charge in [0.25, 0.3) is 0 Å².